The fraction of sp³-hybridized carbons (Fsp3) is 0. The second-order valence-corrected chi connectivity index (χ2v) is 7.20. The van der Waals surface area contributed by atoms with Crippen molar-refractivity contribution in [2.75, 3.05) is 10.1 Å². The zero-order valence-corrected chi connectivity index (χ0v) is 14.2. The highest BCUT2D eigenvalue weighted by Crippen LogP contribution is 2.32. The van der Waals surface area contributed by atoms with Gasteiger partial charge in [0.1, 0.15) is 4.90 Å². The van der Waals surface area contributed by atoms with Gasteiger partial charge in [-0.2, -0.15) is 0 Å². The highest BCUT2D eigenvalue weighted by atomic mass is 79.9. The number of hydrazine groups is 1. The molecule has 10 heteroatoms. The highest BCUT2D eigenvalue weighted by Gasteiger charge is 2.21. The van der Waals surface area contributed by atoms with Crippen molar-refractivity contribution in [1.82, 2.24) is 4.98 Å². The van der Waals surface area contributed by atoms with E-state index in [2.05, 4.69) is 31.1 Å². The lowest BCUT2D eigenvalue weighted by molar-refractivity contribution is 0.601. The topological polar surface area (TPSA) is 97.1 Å². The van der Waals surface area contributed by atoms with Crippen LogP contribution in [0.5, 0.6) is 0 Å². The summed E-state index contributed by atoms with van der Waals surface area (Å²) in [6.45, 7) is 0. The van der Waals surface area contributed by atoms with E-state index in [0.717, 1.165) is 0 Å². The van der Waals surface area contributed by atoms with Gasteiger partial charge in [0.2, 0.25) is 0 Å². The van der Waals surface area contributed by atoms with Gasteiger partial charge in [0.05, 0.1) is 15.7 Å². The van der Waals surface area contributed by atoms with Crippen LogP contribution in [0, 0.1) is 0 Å². The Kier molecular flexibility index (Phi) is 4.95. The van der Waals surface area contributed by atoms with Crippen molar-refractivity contribution in [3.05, 3.63) is 45.0 Å². The second-order valence-electron chi connectivity index (χ2n) is 3.85. The third-order valence-corrected chi connectivity index (χ3v) is 5.07. The monoisotopic (exact) mass is 410 g/mol. The van der Waals surface area contributed by atoms with Crippen molar-refractivity contribution in [3.8, 4) is 0 Å². The molecule has 21 heavy (non-hydrogen) atoms. The van der Waals surface area contributed by atoms with Gasteiger partial charge in [0.25, 0.3) is 10.0 Å². The predicted molar refractivity (Wildman–Crippen MR) is 87.0 cm³/mol. The molecule has 6 nitrogen and oxygen atoms in total. The molecule has 1 aromatic heterocycles. The summed E-state index contributed by atoms with van der Waals surface area (Å²) in [4.78, 5) is 3.75. The van der Waals surface area contributed by atoms with Gasteiger partial charge in [0, 0.05) is 10.7 Å². The molecule has 1 aromatic carbocycles. The van der Waals surface area contributed by atoms with Gasteiger partial charge in [0.15, 0.2) is 5.82 Å². The standard InChI is InChI=1S/C11H9BrCl2N4O2S/c12-6-4-9(11(17-15)16-5-6)21(19,20)18-8-3-1-2-7(13)10(8)14/h1-5,18H,15H2,(H,16,17). The van der Waals surface area contributed by atoms with E-state index in [4.69, 9.17) is 29.0 Å². The number of nitrogens with zero attached hydrogens (tertiary/aromatic N) is 1. The number of aromatic nitrogens is 1. The van der Waals surface area contributed by atoms with E-state index in [1.807, 2.05) is 0 Å². The molecule has 2 aromatic rings. The number of rotatable bonds is 4. The molecule has 0 unspecified atom stereocenters. The van der Waals surface area contributed by atoms with Crippen LogP contribution in [-0.4, -0.2) is 13.4 Å². The maximum absolute atomic E-state index is 12.4. The summed E-state index contributed by atoms with van der Waals surface area (Å²) >= 11 is 15.0. The van der Waals surface area contributed by atoms with Crippen molar-refractivity contribution in [2.24, 2.45) is 5.84 Å². The summed E-state index contributed by atoms with van der Waals surface area (Å²) in [6, 6.07) is 5.98. The van der Waals surface area contributed by atoms with Crippen LogP contribution in [0.1, 0.15) is 0 Å². The first kappa shape index (κ1) is 16.3. The normalized spacial score (nSPS) is 11.2. The smallest absolute Gasteiger partial charge is 0.265 e. The van der Waals surface area contributed by atoms with Gasteiger partial charge < -0.3 is 5.43 Å². The third kappa shape index (κ3) is 3.58. The van der Waals surface area contributed by atoms with Crippen LogP contribution in [0.4, 0.5) is 11.5 Å². The van der Waals surface area contributed by atoms with Gasteiger partial charge in [-0.1, -0.05) is 29.3 Å². The van der Waals surface area contributed by atoms with E-state index in [1.54, 1.807) is 12.1 Å². The number of hydrogen-bond donors (Lipinski definition) is 3. The van der Waals surface area contributed by atoms with Gasteiger partial charge in [-0.15, -0.1) is 0 Å². The summed E-state index contributed by atoms with van der Waals surface area (Å²) in [5.74, 6) is 5.28. The number of hydrogen-bond acceptors (Lipinski definition) is 5. The number of anilines is 2. The Labute approximate surface area is 139 Å². The minimum Gasteiger partial charge on any atom is -0.307 e. The maximum atomic E-state index is 12.4. The first-order chi connectivity index (χ1) is 9.85. The number of benzene rings is 1. The fourth-order valence-corrected chi connectivity index (χ4v) is 3.62. The lowest BCUT2D eigenvalue weighted by atomic mass is 10.3. The summed E-state index contributed by atoms with van der Waals surface area (Å²) in [6.07, 6.45) is 1.42. The molecule has 0 atom stereocenters. The number of nitrogens with one attached hydrogen (secondary N) is 2. The average molecular weight is 412 g/mol. The van der Waals surface area contributed by atoms with E-state index in [-0.39, 0.29) is 26.4 Å². The molecule has 0 fully saturated rings. The van der Waals surface area contributed by atoms with Crippen LogP contribution < -0.4 is 16.0 Å². The lowest BCUT2D eigenvalue weighted by Gasteiger charge is -2.13. The molecule has 0 aliphatic rings. The van der Waals surface area contributed by atoms with Crippen molar-refractivity contribution < 1.29 is 8.42 Å². The summed E-state index contributed by atoms with van der Waals surface area (Å²) in [5, 5.41) is 0.342. The molecule has 0 spiro atoms. The van der Waals surface area contributed by atoms with Crippen molar-refractivity contribution >= 4 is 60.7 Å². The number of sulfonamides is 1. The Morgan fingerprint density at radius 3 is 2.67 bits per heavy atom. The second kappa shape index (κ2) is 6.37. The van der Waals surface area contributed by atoms with Crippen molar-refractivity contribution in [1.29, 1.82) is 0 Å². The summed E-state index contributed by atoms with van der Waals surface area (Å²) < 4.78 is 27.7. The van der Waals surface area contributed by atoms with Crippen molar-refractivity contribution in [3.63, 3.8) is 0 Å². The SMILES string of the molecule is NNc1ncc(Br)cc1S(=O)(=O)Nc1cccc(Cl)c1Cl. The summed E-state index contributed by atoms with van der Waals surface area (Å²) in [5.41, 5.74) is 2.39. The lowest BCUT2D eigenvalue weighted by Crippen LogP contribution is -2.18. The fourth-order valence-electron chi connectivity index (χ4n) is 1.52. The first-order valence-corrected chi connectivity index (χ1v) is 8.47. The molecule has 1 heterocycles. The predicted octanol–water partition coefficient (Wildman–Crippen LogP) is 3.24. The Hall–Kier alpha value is -1.06. The first-order valence-electron chi connectivity index (χ1n) is 5.44. The zero-order chi connectivity index (χ0) is 15.6. The van der Waals surface area contributed by atoms with Crippen LogP contribution in [0.2, 0.25) is 10.0 Å². The molecule has 0 aliphatic carbocycles. The quantitative estimate of drug-likeness (QED) is 0.530. The maximum Gasteiger partial charge on any atom is 0.265 e. The minimum atomic E-state index is -3.95. The van der Waals surface area contributed by atoms with Crippen LogP contribution >= 0.6 is 39.1 Å². The molecule has 0 radical (unpaired) electrons. The number of nitrogen functional groups attached to an aromatic ring is 1. The zero-order valence-electron chi connectivity index (χ0n) is 10.3. The van der Waals surface area contributed by atoms with E-state index in [0.29, 0.717) is 4.47 Å². The van der Waals surface area contributed by atoms with E-state index in [1.165, 1.54) is 18.3 Å². The number of nitrogens with two attached hydrogens (primary N) is 1. The van der Waals surface area contributed by atoms with Gasteiger partial charge in [-0.3, -0.25) is 4.72 Å². The number of pyridine rings is 1. The molecule has 2 rings (SSSR count). The van der Waals surface area contributed by atoms with Gasteiger partial charge >= 0.3 is 0 Å². The van der Waals surface area contributed by atoms with Crippen LogP contribution in [-0.2, 0) is 10.0 Å². The van der Waals surface area contributed by atoms with Crippen LogP contribution in [0.25, 0.3) is 0 Å². The summed E-state index contributed by atoms with van der Waals surface area (Å²) in [7, 11) is -3.95. The van der Waals surface area contributed by atoms with Gasteiger partial charge in [-0.25, -0.2) is 19.2 Å². The molecule has 0 saturated carbocycles. The molecule has 0 bridgehead atoms. The van der Waals surface area contributed by atoms with Crippen LogP contribution in [0.15, 0.2) is 39.8 Å². The highest BCUT2D eigenvalue weighted by molar-refractivity contribution is 9.10. The largest absolute Gasteiger partial charge is 0.307 e. The van der Waals surface area contributed by atoms with Gasteiger partial charge in [-0.05, 0) is 34.1 Å². The van der Waals surface area contributed by atoms with E-state index in [9.17, 15) is 8.42 Å². The minimum absolute atomic E-state index is 0.00357. The number of halogens is 3. The molecule has 0 amide bonds. The Morgan fingerprint density at radius 1 is 1.29 bits per heavy atom. The van der Waals surface area contributed by atoms with Crippen molar-refractivity contribution in [2.45, 2.75) is 4.90 Å². The molecular formula is C11H9BrCl2N4O2S. The Bertz CT molecular complexity index is 786. The van der Waals surface area contributed by atoms with Crippen LogP contribution in [0.3, 0.4) is 0 Å². The molecule has 0 saturated heterocycles. The van der Waals surface area contributed by atoms with E-state index >= 15 is 0 Å². The Morgan fingerprint density at radius 2 is 2.00 bits per heavy atom. The molecule has 112 valence electrons. The van der Waals surface area contributed by atoms with E-state index < -0.39 is 10.0 Å². The third-order valence-electron chi connectivity index (χ3n) is 2.44. The molecular weight excluding hydrogens is 403 g/mol. The molecule has 4 N–H and O–H groups in total. The Balaban J connectivity index is 2.48. The molecule has 0 aliphatic heterocycles. The average Bonchev–Trinajstić information content (AvgIpc) is 2.44.